The molecule has 1 aromatic carbocycles. The van der Waals surface area contributed by atoms with E-state index in [0.717, 1.165) is 16.5 Å². The fourth-order valence-corrected chi connectivity index (χ4v) is 1.85. The molecule has 3 aromatic rings. The number of nitrogens with one attached hydrogen (secondary N) is 2. The Balaban J connectivity index is 0.00000120. The molecule has 0 atom stereocenters. The Hall–Kier alpha value is -1.56. The predicted octanol–water partition coefficient (Wildman–Crippen LogP) is -2.07. The third-order valence-corrected chi connectivity index (χ3v) is 2.66. The van der Waals surface area contributed by atoms with Gasteiger partial charge in [-0.25, -0.2) is 0 Å². The normalized spacial score (nSPS) is 10.2. The summed E-state index contributed by atoms with van der Waals surface area (Å²) in [7, 11) is 0. The van der Waals surface area contributed by atoms with Crippen LogP contribution in [0.1, 0.15) is 10.5 Å². The number of nitrogens with zero attached hydrogens (tertiary/aromatic N) is 1. The largest absolute Gasteiger partial charge is 1.00 e. The van der Waals surface area contributed by atoms with Crippen LogP contribution < -0.4 is 34.7 Å². The number of aromatic carboxylic acids is 1. The minimum atomic E-state index is -1.26. The molecule has 0 unspecified atom stereocenters. The summed E-state index contributed by atoms with van der Waals surface area (Å²) in [5, 5.41) is 18.1. The SMILES string of the molecule is O=C([O-])c1cc(-c2c[nH]c3ccccc23)n[nH]1.[Na+]. The molecule has 3 rings (SSSR count). The Morgan fingerprint density at radius 1 is 1.28 bits per heavy atom. The maximum Gasteiger partial charge on any atom is 1.00 e. The van der Waals surface area contributed by atoms with Crippen LogP contribution in [0, 0.1) is 0 Å². The van der Waals surface area contributed by atoms with Gasteiger partial charge in [0.05, 0.1) is 17.4 Å². The molecule has 2 aromatic heterocycles. The number of aromatic amines is 2. The van der Waals surface area contributed by atoms with Crippen LogP contribution in [0.3, 0.4) is 0 Å². The fourth-order valence-electron chi connectivity index (χ4n) is 1.85. The van der Waals surface area contributed by atoms with Gasteiger partial charge in [0.1, 0.15) is 0 Å². The molecular formula is C12H8N3NaO2. The van der Waals surface area contributed by atoms with E-state index in [-0.39, 0.29) is 35.3 Å². The number of benzene rings is 1. The van der Waals surface area contributed by atoms with Gasteiger partial charge in [0, 0.05) is 22.7 Å². The Morgan fingerprint density at radius 3 is 2.78 bits per heavy atom. The van der Waals surface area contributed by atoms with Gasteiger partial charge in [-0.15, -0.1) is 0 Å². The standard InChI is InChI=1S/C12H9N3O2.Na/c16-12(17)11-5-10(14-15-11)8-6-13-9-4-2-1-3-7(8)9;/h1-6,13H,(H,14,15)(H,16,17);/q;+1/p-1. The van der Waals surface area contributed by atoms with Crippen molar-refractivity contribution in [3.63, 3.8) is 0 Å². The second kappa shape index (κ2) is 4.97. The van der Waals surface area contributed by atoms with Crippen LogP contribution in [0.25, 0.3) is 22.2 Å². The smallest absolute Gasteiger partial charge is 0.543 e. The van der Waals surface area contributed by atoms with E-state index >= 15 is 0 Å². The van der Waals surface area contributed by atoms with Gasteiger partial charge in [-0.2, -0.15) is 5.10 Å². The van der Waals surface area contributed by atoms with E-state index in [1.54, 1.807) is 6.20 Å². The monoisotopic (exact) mass is 249 g/mol. The fraction of sp³-hybridized carbons (Fsp3) is 0. The molecule has 0 amide bonds. The summed E-state index contributed by atoms with van der Waals surface area (Å²) in [5.41, 5.74) is 2.41. The van der Waals surface area contributed by atoms with Gasteiger partial charge in [0.25, 0.3) is 0 Å². The van der Waals surface area contributed by atoms with Crippen molar-refractivity contribution in [2.24, 2.45) is 0 Å². The Labute approximate surface area is 125 Å². The number of carbonyl (C=O) groups excluding carboxylic acids is 1. The number of carboxylic acid groups (broad SMARTS) is 1. The first kappa shape index (κ1) is 12.9. The second-order valence-electron chi connectivity index (χ2n) is 3.70. The number of aromatic nitrogens is 3. The molecule has 5 nitrogen and oxygen atoms in total. The zero-order valence-corrected chi connectivity index (χ0v) is 11.7. The summed E-state index contributed by atoms with van der Waals surface area (Å²) in [5.74, 6) is -1.26. The molecule has 0 aliphatic heterocycles. The van der Waals surface area contributed by atoms with Gasteiger partial charge < -0.3 is 14.9 Å². The molecule has 0 saturated carbocycles. The minimum Gasteiger partial charge on any atom is -0.543 e. The quantitative estimate of drug-likeness (QED) is 0.511. The Bertz CT molecular complexity index is 702. The summed E-state index contributed by atoms with van der Waals surface area (Å²) < 4.78 is 0. The molecule has 6 heteroatoms. The predicted molar refractivity (Wildman–Crippen MR) is 60.2 cm³/mol. The first-order chi connectivity index (χ1) is 8.25. The molecule has 2 heterocycles. The number of fused-ring (bicyclic) bond motifs is 1. The van der Waals surface area contributed by atoms with Crippen molar-refractivity contribution in [2.75, 3.05) is 0 Å². The number of hydrogen-bond donors (Lipinski definition) is 2. The van der Waals surface area contributed by atoms with E-state index in [2.05, 4.69) is 15.2 Å². The Morgan fingerprint density at radius 2 is 2.06 bits per heavy atom. The summed E-state index contributed by atoms with van der Waals surface area (Å²) >= 11 is 0. The number of H-pyrrole nitrogens is 2. The number of carboxylic acids is 1. The summed E-state index contributed by atoms with van der Waals surface area (Å²) in [4.78, 5) is 13.8. The number of rotatable bonds is 2. The first-order valence-electron chi connectivity index (χ1n) is 5.09. The van der Waals surface area contributed by atoms with Crippen molar-refractivity contribution in [3.05, 3.63) is 42.2 Å². The molecule has 0 saturated heterocycles. The van der Waals surface area contributed by atoms with E-state index in [9.17, 15) is 9.90 Å². The molecule has 0 radical (unpaired) electrons. The molecule has 18 heavy (non-hydrogen) atoms. The van der Waals surface area contributed by atoms with Crippen LogP contribution in [0.5, 0.6) is 0 Å². The van der Waals surface area contributed by atoms with Crippen molar-refractivity contribution in [1.82, 2.24) is 15.2 Å². The number of carbonyl (C=O) groups is 1. The molecule has 0 aliphatic rings. The van der Waals surface area contributed by atoms with E-state index < -0.39 is 5.97 Å². The zero-order chi connectivity index (χ0) is 11.8. The van der Waals surface area contributed by atoms with Crippen LogP contribution >= 0.6 is 0 Å². The van der Waals surface area contributed by atoms with Crippen LogP contribution in [0.2, 0.25) is 0 Å². The third-order valence-electron chi connectivity index (χ3n) is 2.66. The second-order valence-corrected chi connectivity index (χ2v) is 3.70. The first-order valence-corrected chi connectivity index (χ1v) is 5.09. The van der Waals surface area contributed by atoms with E-state index in [0.29, 0.717) is 5.69 Å². The summed E-state index contributed by atoms with van der Waals surface area (Å²) in [6, 6.07) is 9.22. The summed E-state index contributed by atoms with van der Waals surface area (Å²) in [6.45, 7) is 0. The van der Waals surface area contributed by atoms with Crippen LogP contribution in [-0.2, 0) is 0 Å². The maximum absolute atomic E-state index is 10.7. The Kier molecular flexibility index (Phi) is 3.56. The average Bonchev–Trinajstić information content (AvgIpc) is 2.95. The molecule has 2 N–H and O–H groups in total. The maximum atomic E-state index is 10.7. The number of hydrogen-bond acceptors (Lipinski definition) is 3. The third kappa shape index (κ3) is 2.08. The van der Waals surface area contributed by atoms with Gasteiger partial charge in [0.2, 0.25) is 0 Å². The van der Waals surface area contributed by atoms with Crippen molar-refractivity contribution < 1.29 is 39.5 Å². The van der Waals surface area contributed by atoms with Gasteiger partial charge in [0.15, 0.2) is 0 Å². The van der Waals surface area contributed by atoms with Crippen molar-refractivity contribution >= 4 is 16.9 Å². The van der Waals surface area contributed by atoms with Crippen molar-refractivity contribution in [2.45, 2.75) is 0 Å². The van der Waals surface area contributed by atoms with Crippen molar-refractivity contribution in [1.29, 1.82) is 0 Å². The van der Waals surface area contributed by atoms with Crippen LogP contribution in [0.15, 0.2) is 36.5 Å². The number of para-hydroxylation sites is 1. The van der Waals surface area contributed by atoms with Gasteiger partial charge in [-0.1, -0.05) is 18.2 Å². The van der Waals surface area contributed by atoms with E-state index in [1.165, 1.54) is 6.07 Å². The minimum absolute atomic E-state index is 0. The molecule has 84 valence electrons. The molecule has 0 aliphatic carbocycles. The summed E-state index contributed by atoms with van der Waals surface area (Å²) in [6.07, 6.45) is 1.81. The molecule has 0 spiro atoms. The zero-order valence-electron chi connectivity index (χ0n) is 9.73. The van der Waals surface area contributed by atoms with Crippen LogP contribution in [-0.4, -0.2) is 21.2 Å². The molecule has 0 fully saturated rings. The molecule has 0 bridgehead atoms. The van der Waals surface area contributed by atoms with E-state index in [4.69, 9.17) is 0 Å². The van der Waals surface area contributed by atoms with Gasteiger partial charge in [-0.3, -0.25) is 5.10 Å². The van der Waals surface area contributed by atoms with Gasteiger partial charge in [-0.05, 0) is 12.1 Å². The van der Waals surface area contributed by atoms with E-state index in [1.807, 2.05) is 24.3 Å². The topological polar surface area (TPSA) is 84.6 Å². The van der Waals surface area contributed by atoms with Gasteiger partial charge >= 0.3 is 29.6 Å². The van der Waals surface area contributed by atoms with Crippen LogP contribution in [0.4, 0.5) is 0 Å². The van der Waals surface area contributed by atoms with Crippen molar-refractivity contribution in [3.8, 4) is 11.3 Å². The average molecular weight is 249 g/mol. The molecular weight excluding hydrogens is 241 g/mol.